The van der Waals surface area contributed by atoms with Gasteiger partial charge in [-0.05, 0) is 19.4 Å². The second-order valence-corrected chi connectivity index (χ2v) is 3.79. The first-order chi connectivity index (χ1) is 6.72. The number of hydrogen-bond donors (Lipinski definition) is 1. The van der Waals surface area contributed by atoms with Gasteiger partial charge in [0, 0.05) is 18.9 Å². The zero-order valence-corrected chi connectivity index (χ0v) is 9.25. The third-order valence-corrected chi connectivity index (χ3v) is 2.33. The summed E-state index contributed by atoms with van der Waals surface area (Å²) < 4.78 is 0. The molecule has 78 valence electrons. The monoisotopic (exact) mass is 193 g/mol. The van der Waals surface area contributed by atoms with E-state index in [0.29, 0.717) is 0 Å². The van der Waals surface area contributed by atoms with Crippen LogP contribution >= 0.6 is 0 Å². The van der Waals surface area contributed by atoms with Crippen molar-refractivity contribution < 1.29 is 0 Å². The lowest BCUT2D eigenvalue weighted by Gasteiger charge is -2.09. The van der Waals surface area contributed by atoms with E-state index in [9.17, 15) is 0 Å². The molecule has 1 N–H and O–H groups in total. The molecule has 0 aliphatic carbocycles. The summed E-state index contributed by atoms with van der Waals surface area (Å²) in [7, 11) is 0. The second kappa shape index (κ2) is 5.70. The van der Waals surface area contributed by atoms with E-state index in [-0.39, 0.29) is 0 Å². The number of aromatic nitrogens is 2. The summed E-state index contributed by atoms with van der Waals surface area (Å²) in [5, 5.41) is 3.37. The van der Waals surface area contributed by atoms with E-state index in [2.05, 4.69) is 29.1 Å². The van der Waals surface area contributed by atoms with Gasteiger partial charge in [0.2, 0.25) is 0 Å². The zero-order valence-electron chi connectivity index (χ0n) is 9.25. The SMILES string of the molecule is CCC(C)CNCc1cnc(C)cn1. The topological polar surface area (TPSA) is 37.8 Å². The van der Waals surface area contributed by atoms with Crippen molar-refractivity contribution >= 4 is 0 Å². The highest BCUT2D eigenvalue weighted by atomic mass is 14.9. The van der Waals surface area contributed by atoms with Crippen LogP contribution in [0.4, 0.5) is 0 Å². The largest absolute Gasteiger partial charge is 0.311 e. The number of hydrogen-bond acceptors (Lipinski definition) is 3. The van der Waals surface area contributed by atoms with Gasteiger partial charge in [0.15, 0.2) is 0 Å². The maximum atomic E-state index is 4.28. The van der Waals surface area contributed by atoms with E-state index in [1.165, 1.54) is 6.42 Å². The van der Waals surface area contributed by atoms with Crippen LogP contribution in [0.25, 0.3) is 0 Å². The van der Waals surface area contributed by atoms with Crippen LogP contribution in [0.15, 0.2) is 12.4 Å². The minimum Gasteiger partial charge on any atom is -0.311 e. The number of nitrogens with one attached hydrogen (secondary N) is 1. The predicted molar refractivity (Wildman–Crippen MR) is 57.9 cm³/mol. The number of nitrogens with zero attached hydrogens (tertiary/aromatic N) is 2. The van der Waals surface area contributed by atoms with E-state index >= 15 is 0 Å². The lowest BCUT2D eigenvalue weighted by atomic mass is 10.1. The summed E-state index contributed by atoms with van der Waals surface area (Å²) in [6.45, 7) is 8.26. The first-order valence-electron chi connectivity index (χ1n) is 5.20. The van der Waals surface area contributed by atoms with Gasteiger partial charge in [-0.2, -0.15) is 0 Å². The fourth-order valence-electron chi connectivity index (χ4n) is 1.10. The molecule has 3 nitrogen and oxygen atoms in total. The second-order valence-electron chi connectivity index (χ2n) is 3.79. The Morgan fingerprint density at radius 3 is 2.71 bits per heavy atom. The van der Waals surface area contributed by atoms with E-state index in [1.807, 2.05) is 13.1 Å². The third-order valence-electron chi connectivity index (χ3n) is 2.33. The molecule has 0 saturated heterocycles. The van der Waals surface area contributed by atoms with Crippen LogP contribution in [-0.4, -0.2) is 16.5 Å². The quantitative estimate of drug-likeness (QED) is 0.776. The van der Waals surface area contributed by atoms with Gasteiger partial charge in [-0.3, -0.25) is 9.97 Å². The van der Waals surface area contributed by atoms with Crippen LogP contribution in [-0.2, 0) is 6.54 Å². The average molecular weight is 193 g/mol. The Kier molecular flexibility index (Phi) is 4.53. The van der Waals surface area contributed by atoms with Gasteiger partial charge in [-0.15, -0.1) is 0 Å². The standard InChI is InChI=1S/C11H19N3/c1-4-9(2)5-12-7-11-8-13-10(3)6-14-11/h6,8-9,12H,4-5,7H2,1-3H3. The van der Waals surface area contributed by atoms with Crippen molar-refractivity contribution in [3.05, 3.63) is 23.8 Å². The first-order valence-corrected chi connectivity index (χ1v) is 5.20. The minimum atomic E-state index is 0.730. The molecule has 1 aromatic heterocycles. The van der Waals surface area contributed by atoms with Crippen LogP contribution in [0.3, 0.4) is 0 Å². The predicted octanol–water partition coefficient (Wildman–Crippen LogP) is 1.92. The fraction of sp³-hybridized carbons (Fsp3) is 0.636. The molecule has 14 heavy (non-hydrogen) atoms. The Labute approximate surface area is 86.0 Å². The molecule has 1 atom stereocenters. The van der Waals surface area contributed by atoms with Crippen LogP contribution in [0.1, 0.15) is 31.7 Å². The summed E-state index contributed by atoms with van der Waals surface area (Å²) >= 11 is 0. The summed E-state index contributed by atoms with van der Waals surface area (Å²) in [5.41, 5.74) is 1.98. The van der Waals surface area contributed by atoms with Crippen molar-refractivity contribution in [1.82, 2.24) is 15.3 Å². The Morgan fingerprint density at radius 2 is 2.14 bits per heavy atom. The molecule has 0 fully saturated rings. The molecule has 0 aliphatic heterocycles. The molecule has 0 radical (unpaired) electrons. The lowest BCUT2D eigenvalue weighted by Crippen LogP contribution is -2.20. The summed E-state index contributed by atoms with van der Waals surface area (Å²) in [6, 6.07) is 0. The van der Waals surface area contributed by atoms with E-state index in [1.54, 1.807) is 6.20 Å². The maximum absolute atomic E-state index is 4.28. The van der Waals surface area contributed by atoms with Crippen LogP contribution in [0.5, 0.6) is 0 Å². The van der Waals surface area contributed by atoms with Gasteiger partial charge in [0.1, 0.15) is 0 Å². The van der Waals surface area contributed by atoms with Gasteiger partial charge in [-0.1, -0.05) is 20.3 Å². The number of aryl methyl sites for hydroxylation is 1. The molecule has 1 unspecified atom stereocenters. The molecule has 0 aliphatic rings. The van der Waals surface area contributed by atoms with Crippen molar-refractivity contribution in [2.24, 2.45) is 5.92 Å². The summed E-state index contributed by atoms with van der Waals surface area (Å²) in [4.78, 5) is 8.47. The van der Waals surface area contributed by atoms with E-state index in [0.717, 1.165) is 30.4 Å². The Morgan fingerprint density at radius 1 is 1.36 bits per heavy atom. The first kappa shape index (κ1) is 11.1. The molecule has 1 heterocycles. The third kappa shape index (κ3) is 3.83. The number of rotatable bonds is 5. The highest BCUT2D eigenvalue weighted by molar-refractivity contribution is 5.00. The van der Waals surface area contributed by atoms with Crippen LogP contribution < -0.4 is 5.32 Å². The van der Waals surface area contributed by atoms with Gasteiger partial charge in [0.05, 0.1) is 11.4 Å². The molecule has 3 heteroatoms. The van der Waals surface area contributed by atoms with Crippen molar-refractivity contribution in [2.75, 3.05) is 6.54 Å². The Bertz CT molecular complexity index is 256. The van der Waals surface area contributed by atoms with Crippen molar-refractivity contribution in [1.29, 1.82) is 0 Å². The summed E-state index contributed by atoms with van der Waals surface area (Å²) in [5.74, 6) is 0.730. The van der Waals surface area contributed by atoms with E-state index in [4.69, 9.17) is 0 Å². The molecule has 0 amide bonds. The Hall–Kier alpha value is -0.960. The normalized spacial score (nSPS) is 12.8. The molecular weight excluding hydrogens is 174 g/mol. The highest BCUT2D eigenvalue weighted by Crippen LogP contribution is 1.98. The zero-order chi connectivity index (χ0) is 10.4. The van der Waals surface area contributed by atoms with Gasteiger partial charge >= 0.3 is 0 Å². The molecule has 1 rings (SSSR count). The molecule has 0 saturated carbocycles. The molecule has 0 aromatic carbocycles. The van der Waals surface area contributed by atoms with Crippen molar-refractivity contribution in [3.63, 3.8) is 0 Å². The van der Waals surface area contributed by atoms with E-state index < -0.39 is 0 Å². The average Bonchev–Trinajstić information content (AvgIpc) is 2.21. The molecule has 1 aromatic rings. The molecule has 0 spiro atoms. The van der Waals surface area contributed by atoms with Gasteiger partial charge < -0.3 is 5.32 Å². The van der Waals surface area contributed by atoms with Gasteiger partial charge in [0.25, 0.3) is 0 Å². The summed E-state index contributed by atoms with van der Waals surface area (Å²) in [6.07, 6.45) is 4.85. The molecule has 0 bridgehead atoms. The van der Waals surface area contributed by atoms with Crippen LogP contribution in [0, 0.1) is 12.8 Å². The van der Waals surface area contributed by atoms with Crippen molar-refractivity contribution in [3.8, 4) is 0 Å². The Balaban J connectivity index is 2.28. The van der Waals surface area contributed by atoms with Crippen molar-refractivity contribution in [2.45, 2.75) is 33.7 Å². The smallest absolute Gasteiger partial charge is 0.0724 e. The molecular formula is C11H19N3. The lowest BCUT2D eigenvalue weighted by molar-refractivity contribution is 0.497. The minimum absolute atomic E-state index is 0.730. The van der Waals surface area contributed by atoms with Gasteiger partial charge in [-0.25, -0.2) is 0 Å². The highest BCUT2D eigenvalue weighted by Gasteiger charge is 1.98. The van der Waals surface area contributed by atoms with Crippen LogP contribution in [0.2, 0.25) is 0 Å². The maximum Gasteiger partial charge on any atom is 0.0724 e. The fourth-order valence-corrected chi connectivity index (χ4v) is 1.10.